The van der Waals surface area contributed by atoms with E-state index in [9.17, 15) is 23.3 Å². The molecule has 0 N–H and O–H groups in total. The van der Waals surface area contributed by atoms with Gasteiger partial charge in [-0.15, -0.1) is 0 Å². The van der Waals surface area contributed by atoms with Crippen LogP contribution in [0.25, 0.3) is 0 Å². The predicted octanol–water partition coefficient (Wildman–Crippen LogP) is 3.69. The summed E-state index contributed by atoms with van der Waals surface area (Å²) in [6.07, 6.45) is 0. The minimum Gasteiger partial charge on any atom is -0.337 e. The largest absolute Gasteiger partial charge is 0.337 e. The molecule has 0 aliphatic carbocycles. The van der Waals surface area contributed by atoms with Gasteiger partial charge in [0, 0.05) is 38.3 Å². The first-order valence-electron chi connectivity index (χ1n) is 9.33. The van der Waals surface area contributed by atoms with Crippen molar-refractivity contribution < 1.29 is 18.1 Å². The molecule has 0 aliphatic rings. The second kappa shape index (κ2) is 8.97. The molecule has 3 aromatic carbocycles. The number of nitro groups is 1. The molecule has 3 aromatic rings. The quantitative estimate of drug-likeness (QED) is 0.413. The molecule has 0 saturated heterocycles. The molecule has 0 heterocycles. The lowest BCUT2D eigenvalue weighted by Gasteiger charge is -2.20. The second-order valence-corrected chi connectivity index (χ2v) is 8.89. The summed E-state index contributed by atoms with van der Waals surface area (Å²) in [5.41, 5.74) is 1.41. The van der Waals surface area contributed by atoms with E-state index in [4.69, 9.17) is 0 Å². The number of carbonyl (C=O) groups is 1. The molecule has 0 radical (unpaired) electrons. The van der Waals surface area contributed by atoms with Crippen LogP contribution in [0.1, 0.15) is 15.9 Å². The molecule has 0 spiro atoms. The van der Waals surface area contributed by atoms with E-state index < -0.39 is 14.9 Å². The Hall–Kier alpha value is -3.72. The number of nitro benzene ring substituents is 1. The third-order valence-electron chi connectivity index (χ3n) is 4.77. The van der Waals surface area contributed by atoms with Gasteiger partial charge in [0.05, 0.1) is 15.5 Å². The molecule has 160 valence electrons. The van der Waals surface area contributed by atoms with Crippen molar-refractivity contribution in [2.45, 2.75) is 11.4 Å². The molecule has 0 fully saturated rings. The van der Waals surface area contributed by atoms with E-state index in [0.29, 0.717) is 16.8 Å². The normalized spacial score (nSPS) is 11.0. The number of amides is 1. The van der Waals surface area contributed by atoms with Crippen LogP contribution in [0, 0.1) is 10.1 Å². The van der Waals surface area contributed by atoms with Crippen LogP contribution in [0.2, 0.25) is 0 Å². The summed E-state index contributed by atoms with van der Waals surface area (Å²) in [4.78, 5) is 24.6. The number of non-ortho nitro benzene ring substituents is 1. The zero-order valence-electron chi connectivity index (χ0n) is 17.0. The smallest absolute Gasteiger partial charge is 0.269 e. The monoisotopic (exact) mass is 439 g/mol. The molecule has 0 aromatic heterocycles. The number of para-hydroxylation sites is 1. The van der Waals surface area contributed by atoms with E-state index in [0.717, 1.165) is 0 Å². The Morgan fingerprint density at radius 2 is 1.58 bits per heavy atom. The third kappa shape index (κ3) is 4.89. The third-order valence-corrected chi connectivity index (χ3v) is 6.57. The fourth-order valence-electron chi connectivity index (χ4n) is 3.04. The SMILES string of the molecule is CN(Cc1cccc([N+](=O)[O-])c1)C(=O)c1ccc(S(=O)(=O)N(C)c2ccccc2)cc1. The minimum atomic E-state index is -3.77. The van der Waals surface area contributed by atoms with Gasteiger partial charge in [0.15, 0.2) is 0 Å². The molecule has 3 rings (SSSR count). The van der Waals surface area contributed by atoms with Gasteiger partial charge < -0.3 is 4.90 Å². The number of hydrogen-bond acceptors (Lipinski definition) is 5. The Bertz CT molecular complexity index is 1200. The van der Waals surface area contributed by atoms with Crippen LogP contribution < -0.4 is 4.31 Å². The average Bonchev–Trinajstić information content (AvgIpc) is 2.78. The highest BCUT2D eigenvalue weighted by Crippen LogP contribution is 2.22. The van der Waals surface area contributed by atoms with Gasteiger partial charge in [-0.3, -0.25) is 19.2 Å². The van der Waals surface area contributed by atoms with Gasteiger partial charge in [-0.1, -0.05) is 30.3 Å². The van der Waals surface area contributed by atoms with E-state index in [2.05, 4.69) is 0 Å². The van der Waals surface area contributed by atoms with Crippen LogP contribution in [0.3, 0.4) is 0 Å². The summed E-state index contributed by atoms with van der Waals surface area (Å²) in [5, 5.41) is 10.9. The Balaban J connectivity index is 1.75. The first kappa shape index (κ1) is 22.0. The molecule has 0 bridgehead atoms. The number of anilines is 1. The minimum absolute atomic E-state index is 0.0459. The van der Waals surface area contributed by atoms with Crippen LogP contribution in [-0.2, 0) is 16.6 Å². The molecule has 9 heteroatoms. The van der Waals surface area contributed by atoms with Gasteiger partial charge in [-0.05, 0) is 42.0 Å². The van der Waals surface area contributed by atoms with Crippen LogP contribution >= 0.6 is 0 Å². The summed E-state index contributed by atoms with van der Waals surface area (Å²) in [6, 6.07) is 20.4. The van der Waals surface area contributed by atoms with Crippen molar-refractivity contribution in [2.75, 3.05) is 18.4 Å². The van der Waals surface area contributed by atoms with Crippen molar-refractivity contribution in [3.05, 3.63) is 100 Å². The molecule has 1 amide bonds. The predicted molar refractivity (Wildman–Crippen MR) is 117 cm³/mol. The number of hydrogen-bond donors (Lipinski definition) is 0. The van der Waals surface area contributed by atoms with Crippen molar-refractivity contribution in [1.29, 1.82) is 0 Å². The molecular formula is C22H21N3O5S. The van der Waals surface area contributed by atoms with Crippen molar-refractivity contribution >= 4 is 27.3 Å². The molecule has 31 heavy (non-hydrogen) atoms. The molecular weight excluding hydrogens is 418 g/mol. The highest BCUT2D eigenvalue weighted by atomic mass is 32.2. The van der Waals surface area contributed by atoms with E-state index in [1.165, 1.54) is 52.7 Å². The summed E-state index contributed by atoms with van der Waals surface area (Å²) < 4.78 is 26.9. The topological polar surface area (TPSA) is 101 Å². The Morgan fingerprint density at radius 1 is 0.935 bits per heavy atom. The highest BCUT2D eigenvalue weighted by molar-refractivity contribution is 7.92. The van der Waals surface area contributed by atoms with Gasteiger partial charge in [-0.2, -0.15) is 0 Å². The second-order valence-electron chi connectivity index (χ2n) is 6.92. The molecule has 0 atom stereocenters. The maximum absolute atomic E-state index is 12.9. The number of benzene rings is 3. The number of rotatable bonds is 7. The maximum Gasteiger partial charge on any atom is 0.269 e. The first-order chi connectivity index (χ1) is 14.7. The Morgan fingerprint density at radius 3 is 2.19 bits per heavy atom. The summed E-state index contributed by atoms with van der Waals surface area (Å²) in [6.45, 7) is 0.178. The average molecular weight is 439 g/mol. The zero-order valence-corrected chi connectivity index (χ0v) is 17.8. The fourth-order valence-corrected chi connectivity index (χ4v) is 4.23. The van der Waals surface area contributed by atoms with Crippen LogP contribution in [0.5, 0.6) is 0 Å². The van der Waals surface area contributed by atoms with Crippen LogP contribution in [0.4, 0.5) is 11.4 Å². The standard InChI is InChI=1S/C22H21N3O5S/c1-23(16-17-7-6-10-20(15-17)25(27)28)22(26)18-11-13-21(14-12-18)31(29,30)24(2)19-8-4-3-5-9-19/h3-15H,16H2,1-2H3. The highest BCUT2D eigenvalue weighted by Gasteiger charge is 2.22. The van der Waals surface area contributed by atoms with Crippen molar-refractivity contribution in [1.82, 2.24) is 4.90 Å². The number of sulfonamides is 1. The lowest BCUT2D eigenvalue weighted by molar-refractivity contribution is -0.384. The van der Waals surface area contributed by atoms with Gasteiger partial charge in [0.25, 0.3) is 21.6 Å². The van der Waals surface area contributed by atoms with E-state index in [1.54, 1.807) is 49.5 Å². The zero-order chi connectivity index (χ0) is 22.6. The van der Waals surface area contributed by atoms with Crippen molar-refractivity contribution in [2.24, 2.45) is 0 Å². The van der Waals surface area contributed by atoms with E-state index in [-0.39, 0.29) is 23.0 Å². The summed E-state index contributed by atoms with van der Waals surface area (Å²) in [5.74, 6) is -0.327. The van der Waals surface area contributed by atoms with Crippen LogP contribution in [-0.4, -0.2) is 38.2 Å². The fraction of sp³-hybridized carbons (Fsp3) is 0.136. The Labute approximate surface area is 180 Å². The summed E-state index contributed by atoms with van der Waals surface area (Å²) in [7, 11) is -0.724. The van der Waals surface area contributed by atoms with Crippen molar-refractivity contribution in [3.63, 3.8) is 0 Å². The lowest BCUT2D eigenvalue weighted by atomic mass is 10.1. The number of carbonyl (C=O) groups excluding carboxylic acids is 1. The van der Waals surface area contributed by atoms with Gasteiger partial charge in [0.2, 0.25) is 0 Å². The summed E-state index contributed by atoms with van der Waals surface area (Å²) >= 11 is 0. The van der Waals surface area contributed by atoms with Gasteiger partial charge in [0.1, 0.15) is 0 Å². The van der Waals surface area contributed by atoms with Crippen molar-refractivity contribution in [3.8, 4) is 0 Å². The first-order valence-corrected chi connectivity index (χ1v) is 10.8. The van der Waals surface area contributed by atoms with Crippen LogP contribution in [0.15, 0.2) is 83.8 Å². The van der Waals surface area contributed by atoms with E-state index >= 15 is 0 Å². The molecule has 0 saturated carbocycles. The van der Waals surface area contributed by atoms with Gasteiger partial charge in [-0.25, -0.2) is 8.42 Å². The number of nitrogens with zero attached hydrogens (tertiary/aromatic N) is 3. The molecule has 0 unspecified atom stereocenters. The molecule has 0 aliphatic heterocycles. The van der Waals surface area contributed by atoms with Gasteiger partial charge >= 0.3 is 0 Å². The Kier molecular flexibility index (Phi) is 6.36. The maximum atomic E-state index is 12.9. The lowest BCUT2D eigenvalue weighted by Crippen LogP contribution is -2.27. The molecule has 8 nitrogen and oxygen atoms in total. The van der Waals surface area contributed by atoms with E-state index in [1.807, 2.05) is 0 Å².